The number of fused-ring (bicyclic) bond motifs is 6. The van der Waals surface area contributed by atoms with Crippen LogP contribution in [0.2, 0.25) is 0 Å². The zero-order valence-electron chi connectivity index (χ0n) is 30.3. The summed E-state index contributed by atoms with van der Waals surface area (Å²) < 4.78 is 36.0. The van der Waals surface area contributed by atoms with Crippen molar-refractivity contribution in [3.05, 3.63) is 51.6 Å². The second-order valence-electron chi connectivity index (χ2n) is 15.0. The Bertz CT molecular complexity index is 1810. The van der Waals surface area contributed by atoms with Gasteiger partial charge in [-0.05, 0) is 46.0 Å². The summed E-state index contributed by atoms with van der Waals surface area (Å²) in [6.45, 7) is 4.48. The number of carbonyl (C=O) groups is 3. The maximum Gasteiger partial charge on any atom is 0.202 e. The molecule has 8 rings (SSSR count). The molecule has 0 spiro atoms. The van der Waals surface area contributed by atoms with Gasteiger partial charge in [-0.2, -0.15) is 0 Å². The van der Waals surface area contributed by atoms with E-state index in [0.717, 1.165) is 25.9 Å². The number of nitrogens with one attached hydrogen (secondary N) is 1. The summed E-state index contributed by atoms with van der Waals surface area (Å²) in [5.74, 6) is -2.90. The number of phenolic OH excluding ortho intramolecular Hbond substituents is 2. The third-order valence-electron chi connectivity index (χ3n) is 12.0. The number of Topliss-reactive ketones (excluding diaryl/α,β-unsaturated/α-hetero) is 1. The molecular weight excluding hydrogens is 690 g/mol. The van der Waals surface area contributed by atoms with Crippen molar-refractivity contribution in [2.75, 3.05) is 54.1 Å². The monoisotopic (exact) mass is 737 g/mol. The lowest BCUT2D eigenvalue weighted by Crippen LogP contribution is -2.55. The predicted octanol–water partition coefficient (Wildman–Crippen LogP) is 1.40. The zero-order valence-corrected chi connectivity index (χ0v) is 30.3. The topological polar surface area (TPSA) is 186 Å². The number of ether oxygens (including phenoxy) is 6. The van der Waals surface area contributed by atoms with Gasteiger partial charge in [0.1, 0.15) is 29.0 Å². The molecule has 0 amide bonds. The SMILES string of the molecule is COc1cccc2c1C(=O)c1c(O)c3c(c(O)c1C2=O)C[C@@](O)(C(=O)CN(C)C1CCNCC1)C[C@@H]3O[C@H]1C[C@H]2[C@H](O[C@@H]3[C@@H](OC)OCCN32)[C@H](C)O1. The molecule has 8 atom stereocenters. The number of morpholine rings is 1. The minimum Gasteiger partial charge on any atom is -0.507 e. The van der Waals surface area contributed by atoms with E-state index in [-0.39, 0.29) is 64.7 Å². The van der Waals surface area contributed by atoms with Crippen molar-refractivity contribution in [1.29, 1.82) is 0 Å². The van der Waals surface area contributed by atoms with E-state index in [9.17, 15) is 29.7 Å². The molecule has 4 N–H and O–H groups in total. The number of carbonyl (C=O) groups excluding carboxylic acids is 3. The summed E-state index contributed by atoms with van der Waals surface area (Å²) in [5, 5.41) is 39.6. The molecule has 4 saturated heterocycles. The Kier molecular flexibility index (Phi) is 9.61. The Morgan fingerprint density at radius 3 is 2.57 bits per heavy atom. The third kappa shape index (κ3) is 5.97. The van der Waals surface area contributed by atoms with Crippen LogP contribution in [-0.4, -0.2) is 145 Å². The van der Waals surface area contributed by atoms with Crippen LogP contribution < -0.4 is 10.1 Å². The van der Waals surface area contributed by atoms with Crippen LogP contribution in [0.15, 0.2) is 18.2 Å². The lowest BCUT2D eigenvalue weighted by atomic mass is 9.71. The van der Waals surface area contributed by atoms with E-state index in [1.165, 1.54) is 19.2 Å². The Labute approximate surface area is 307 Å². The van der Waals surface area contributed by atoms with Gasteiger partial charge in [-0.3, -0.25) is 24.2 Å². The van der Waals surface area contributed by atoms with Gasteiger partial charge < -0.3 is 49.1 Å². The number of hydrogen-bond acceptors (Lipinski definition) is 15. The van der Waals surface area contributed by atoms with Crippen molar-refractivity contribution in [3.8, 4) is 17.2 Å². The number of ketones is 3. The largest absolute Gasteiger partial charge is 0.507 e. The first-order chi connectivity index (χ1) is 25.4. The maximum absolute atomic E-state index is 14.2. The van der Waals surface area contributed by atoms with Gasteiger partial charge >= 0.3 is 0 Å². The second kappa shape index (κ2) is 14.0. The molecule has 0 saturated carbocycles. The molecule has 6 aliphatic rings. The molecule has 4 heterocycles. The van der Waals surface area contributed by atoms with Gasteiger partial charge in [-0.15, -0.1) is 0 Å². The first-order valence-corrected chi connectivity index (χ1v) is 18.4. The molecule has 2 aromatic carbocycles. The van der Waals surface area contributed by atoms with Gasteiger partial charge in [0.15, 0.2) is 30.4 Å². The quantitative estimate of drug-likeness (QED) is 0.243. The highest BCUT2D eigenvalue weighted by molar-refractivity contribution is 6.31. The average Bonchev–Trinajstić information content (AvgIpc) is 3.54. The van der Waals surface area contributed by atoms with Gasteiger partial charge in [0, 0.05) is 61.7 Å². The van der Waals surface area contributed by atoms with Crippen molar-refractivity contribution < 1.29 is 58.1 Å². The molecule has 0 radical (unpaired) electrons. The van der Waals surface area contributed by atoms with Crippen molar-refractivity contribution in [2.45, 2.75) is 93.8 Å². The smallest absolute Gasteiger partial charge is 0.202 e. The summed E-state index contributed by atoms with van der Waals surface area (Å²) >= 11 is 0. The van der Waals surface area contributed by atoms with Crippen molar-refractivity contribution in [3.63, 3.8) is 0 Å². The normalized spacial score (nSPS) is 32.8. The number of benzene rings is 2. The first-order valence-electron chi connectivity index (χ1n) is 18.4. The lowest BCUT2D eigenvalue weighted by molar-refractivity contribution is -0.256. The number of rotatable bonds is 8. The number of aromatic hydroxyl groups is 2. The Morgan fingerprint density at radius 2 is 1.83 bits per heavy atom. The molecule has 0 unspecified atom stereocenters. The number of phenols is 2. The van der Waals surface area contributed by atoms with Crippen molar-refractivity contribution in [2.24, 2.45) is 0 Å². The predicted molar refractivity (Wildman–Crippen MR) is 185 cm³/mol. The molecule has 53 heavy (non-hydrogen) atoms. The van der Waals surface area contributed by atoms with E-state index in [2.05, 4.69) is 10.2 Å². The molecular formula is C38H47N3O12. The molecule has 4 aliphatic heterocycles. The molecule has 0 aromatic heterocycles. The Balaban J connectivity index is 1.17. The number of methoxy groups -OCH3 is 2. The third-order valence-corrected chi connectivity index (χ3v) is 12.0. The minimum absolute atomic E-state index is 0.00473. The molecule has 286 valence electrons. The fourth-order valence-corrected chi connectivity index (χ4v) is 9.29. The standard InChI is InChI=1S/C38H47N3O12/c1-18-35-22(41-12-13-50-37(49-4)36(41)53-35)14-26(51-18)52-24-16-38(47,25(42)17-40(2)19-8-10-39-11-9-19)15-21-28(24)34(46)30-29(32(21)44)31(43)20-6-5-7-23(48-3)27(20)33(30)45/h5-7,18-19,22,24,26,35-37,39,44,46-47H,8-17H2,1-4H3/t18-,22-,24-,26-,35+,36+,37-,38-/m0/s1. The maximum atomic E-state index is 14.2. The highest BCUT2D eigenvalue weighted by atomic mass is 16.7. The van der Waals surface area contributed by atoms with Crippen LogP contribution in [0.3, 0.4) is 0 Å². The van der Waals surface area contributed by atoms with E-state index < -0.39 is 77.4 Å². The molecule has 2 aromatic rings. The van der Waals surface area contributed by atoms with Gasteiger partial charge in [0.2, 0.25) is 5.78 Å². The summed E-state index contributed by atoms with van der Waals surface area (Å²) in [7, 11) is 4.78. The summed E-state index contributed by atoms with van der Waals surface area (Å²) in [6, 6.07) is 4.54. The van der Waals surface area contributed by atoms with Crippen molar-refractivity contribution >= 4 is 17.3 Å². The number of hydrogen-bond donors (Lipinski definition) is 4. The number of aliphatic hydroxyl groups is 1. The van der Waals surface area contributed by atoms with Crippen LogP contribution in [0.1, 0.15) is 81.7 Å². The molecule has 15 nitrogen and oxygen atoms in total. The van der Waals surface area contributed by atoms with Crippen LogP contribution in [0.5, 0.6) is 17.2 Å². The van der Waals surface area contributed by atoms with Crippen LogP contribution >= 0.6 is 0 Å². The Hall–Kier alpha value is -3.51. The first kappa shape index (κ1) is 36.5. The summed E-state index contributed by atoms with van der Waals surface area (Å²) in [4.78, 5) is 46.4. The molecule has 0 bridgehead atoms. The number of nitrogens with zero attached hydrogens (tertiary/aromatic N) is 2. The second-order valence-corrected chi connectivity index (χ2v) is 15.0. The van der Waals surface area contributed by atoms with E-state index in [1.807, 2.05) is 18.9 Å². The van der Waals surface area contributed by atoms with E-state index in [1.54, 1.807) is 13.2 Å². The fourth-order valence-electron chi connectivity index (χ4n) is 9.29. The van der Waals surface area contributed by atoms with Crippen LogP contribution in [0, 0.1) is 0 Å². The Morgan fingerprint density at radius 1 is 1.08 bits per heavy atom. The van der Waals surface area contributed by atoms with Gasteiger partial charge in [-0.25, -0.2) is 0 Å². The van der Waals surface area contributed by atoms with Crippen LogP contribution in [0.25, 0.3) is 0 Å². The van der Waals surface area contributed by atoms with Crippen LogP contribution in [0.4, 0.5) is 0 Å². The molecule has 4 fully saturated rings. The number of piperidine rings is 1. The fraction of sp³-hybridized carbons (Fsp3) is 0.605. The van der Waals surface area contributed by atoms with Gasteiger partial charge in [0.25, 0.3) is 0 Å². The highest BCUT2D eigenvalue weighted by Gasteiger charge is 2.55. The zero-order chi connectivity index (χ0) is 37.3. The molecule has 2 aliphatic carbocycles. The van der Waals surface area contributed by atoms with Crippen molar-refractivity contribution in [1.82, 2.24) is 15.1 Å². The molecule has 15 heteroatoms. The summed E-state index contributed by atoms with van der Waals surface area (Å²) in [6.07, 6.45) is -2.59. The minimum atomic E-state index is -2.06. The van der Waals surface area contributed by atoms with E-state index in [0.29, 0.717) is 19.6 Å². The van der Waals surface area contributed by atoms with E-state index in [4.69, 9.17) is 28.4 Å². The van der Waals surface area contributed by atoms with Gasteiger partial charge in [0.05, 0.1) is 49.2 Å². The average molecular weight is 738 g/mol. The highest BCUT2D eigenvalue weighted by Crippen LogP contribution is 2.53. The number of likely N-dealkylation sites (N-methyl/N-ethyl adjacent to an activating group) is 1. The van der Waals surface area contributed by atoms with Gasteiger partial charge in [-0.1, -0.05) is 12.1 Å². The summed E-state index contributed by atoms with van der Waals surface area (Å²) in [5.41, 5.74) is -2.88. The van der Waals surface area contributed by atoms with E-state index >= 15 is 0 Å². The lowest BCUT2D eigenvalue weighted by Gasteiger charge is -2.44. The van der Waals surface area contributed by atoms with Crippen LogP contribution in [-0.2, 0) is 34.9 Å².